The number of allylic oxidation sites excluding steroid dienone is 1. The molecule has 0 N–H and O–H groups in total. The Morgan fingerprint density at radius 3 is 2.88 bits per heavy atom. The third kappa shape index (κ3) is 3.02. The minimum atomic E-state index is -1.41. The van der Waals surface area contributed by atoms with E-state index in [1.807, 2.05) is 0 Å². The molecule has 3 rings (SSSR count). The number of hydrogen-bond acceptors (Lipinski definition) is 6. The van der Waals surface area contributed by atoms with E-state index in [1.54, 1.807) is 35.0 Å². The van der Waals surface area contributed by atoms with Gasteiger partial charge in [0.05, 0.1) is 31.1 Å². The van der Waals surface area contributed by atoms with Crippen molar-refractivity contribution in [2.45, 2.75) is 11.7 Å². The van der Waals surface area contributed by atoms with Crippen LogP contribution in [0.15, 0.2) is 53.1 Å². The van der Waals surface area contributed by atoms with E-state index in [0.717, 1.165) is 0 Å². The van der Waals surface area contributed by atoms with Crippen LogP contribution in [-0.4, -0.2) is 43.2 Å². The highest BCUT2D eigenvalue weighted by atomic mass is 32.2. The van der Waals surface area contributed by atoms with E-state index >= 15 is 0 Å². The summed E-state index contributed by atoms with van der Waals surface area (Å²) in [6, 6.07) is 6.61. The molecule has 0 amide bonds. The van der Waals surface area contributed by atoms with Gasteiger partial charge in [0.1, 0.15) is 11.6 Å². The van der Waals surface area contributed by atoms with E-state index in [1.165, 1.54) is 24.2 Å². The summed E-state index contributed by atoms with van der Waals surface area (Å²) < 4.78 is 19.5. The summed E-state index contributed by atoms with van der Waals surface area (Å²) in [6.45, 7) is 3.90. The average molecular weight is 372 g/mol. The summed E-state index contributed by atoms with van der Waals surface area (Å²) >= 11 is -1.41. The lowest BCUT2D eigenvalue weighted by molar-refractivity contribution is 0.0600. The van der Waals surface area contributed by atoms with Crippen molar-refractivity contribution in [3.63, 3.8) is 0 Å². The molecule has 2 aromatic heterocycles. The lowest BCUT2D eigenvalue weighted by Gasteiger charge is -2.12. The van der Waals surface area contributed by atoms with Crippen LogP contribution in [0.4, 0.5) is 0 Å². The van der Waals surface area contributed by atoms with Crippen molar-refractivity contribution in [3.05, 3.63) is 59.0 Å². The second-order valence-electron chi connectivity index (χ2n) is 5.37. The summed E-state index contributed by atoms with van der Waals surface area (Å²) in [7, 11) is 1.30. The van der Waals surface area contributed by atoms with E-state index in [2.05, 4.69) is 16.5 Å². The standard InChI is InChI=1S/C17H16N4O4S/c1-4-8-20-15(22)13-10-18-17(26(3)24)19-14(13)21(20)12-7-5-6-11(9-12)16(23)25-2/h4-7,9-10H,1,8H2,2-3H3. The van der Waals surface area contributed by atoms with E-state index in [-0.39, 0.29) is 22.6 Å². The molecule has 26 heavy (non-hydrogen) atoms. The molecule has 0 saturated heterocycles. The number of hydrogen-bond donors (Lipinski definition) is 0. The lowest BCUT2D eigenvalue weighted by atomic mass is 10.2. The Hall–Kier alpha value is -2.91. The fourth-order valence-electron chi connectivity index (χ4n) is 2.58. The van der Waals surface area contributed by atoms with Crippen LogP contribution in [0.5, 0.6) is 0 Å². The first-order valence-electron chi connectivity index (χ1n) is 7.59. The van der Waals surface area contributed by atoms with Crippen LogP contribution in [0.25, 0.3) is 16.7 Å². The minimum absolute atomic E-state index is 0.117. The number of methoxy groups -OCH3 is 1. The Balaban J connectivity index is 2.34. The molecule has 1 unspecified atom stereocenters. The highest BCUT2D eigenvalue weighted by Crippen LogP contribution is 2.18. The number of carbonyl (C=O) groups is 1. The number of aromatic nitrogens is 4. The minimum Gasteiger partial charge on any atom is -0.609 e. The molecule has 0 aliphatic rings. The maximum absolute atomic E-state index is 12.7. The Morgan fingerprint density at radius 2 is 2.23 bits per heavy atom. The van der Waals surface area contributed by atoms with Gasteiger partial charge in [-0.1, -0.05) is 12.1 Å². The van der Waals surface area contributed by atoms with Crippen molar-refractivity contribution in [1.29, 1.82) is 0 Å². The van der Waals surface area contributed by atoms with Gasteiger partial charge in [-0.15, -0.1) is 6.58 Å². The van der Waals surface area contributed by atoms with Gasteiger partial charge in [0.15, 0.2) is 5.65 Å². The number of rotatable bonds is 5. The van der Waals surface area contributed by atoms with Gasteiger partial charge in [-0.25, -0.2) is 14.2 Å². The predicted molar refractivity (Wildman–Crippen MR) is 97.0 cm³/mol. The van der Waals surface area contributed by atoms with Crippen molar-refractivity contribution >= 4 is 28.2 Å². The summed E-state index contributed by atoms with van der Waals surface area (Å²) in [6.07, 6.45) is 4.40. The Morgan fingerprint density at radius 1 is 1.46 bits per heavy atom. The van der Waals surface area contributed by atoms with Crippen molar-refractivity contribution in [3.8, 4) is 5.69 Å². The van der Waals surface area contributed by atoms with Crippen LogP contribution < -0.4 is 5.56 Å². The lowest BCUT2D eigenvalue weighted by Crippen LogP contribution is -2.21. The molecule has 9 heteroatoms. The van der Waals surface area contributed by atoms with Gasteiger partial charge in [0.25, 0.3) is 5.56 Å². The van der Waals surface area contributed by atoms with E-state index < -0.39 is 17.1 Å². The molecule has 0 saturated carbocycles. The molecule has 1 aromatic carbocycles. The smallest absolute Gasteiger partial charge is 0.344 e. The van der Waals surface area contributed by atoms with E-state index in [9.17, 15) is 14.1 Å². The topological polar surface area (TPSA) is 102 Å². The molecule has 2 heterocycles. The summed E-state index contributed by atoms with van der Waals surface area (Å²) in [5.41, 5.74) is 0.863. The van der Waals surface area contributed by atoms with Gasteiger partial charge in [-0.05, 0) is 18.2 Å². The number of carbonyl (C=O) groups excluding carboxylic acids is 1. The zero-order chi connectivity index (χ0) is 18.8. The molecule has 1 atom stereocenters. The fraction of sp³-hybridized carbons (Fsp3) is 0.176. The summed E-state index contributed by atoms with van der Waals surface area (Å²) in [5.74, 6) is -0.495. The molecule has 8 nitrogen and oxygen atoms in total. The number of ether oxygens (including phenoxy) is 1. The molecular weight excluding hydrogens is 356 g/mol. The second-order valence-corrected chi connectivity index (χ2v) is 6.65. The quantitative estimate of drug-likeness (QED) is 0.289. The van der Waals surface area contributed by atoms with Crippen LogP contribution in [0.1, 0.15) is 10.4 Å². The van der Waals surface area contributed by atoms with Crippen molar-refractivity contribution < 1.29 is 14.1 Å². The Bertz CT molecular complexity index is 1050. The highest BCUT2D eigenvalue weighted by Gasteiger charge is 2.20. The Kier molecular flexibility index (Phi) is 4.92. The van der Waals surface area contributed by atoms with Crippen molar-refractivity contribution in [1.82, 2.24) is 19.3 Å². The van der Waals surface area contributed by atoms with Crippen LogP contribution in [0.3, 0.4) is 0 Å². The van der Waals surface area contributed by atoms with Gasteiger partial charge < -0.3 is 9.29 Å². The predicted octanol–water partition coefficient (Wildman–Crippen LogP) is 1.29. The molecule has 0 bridgehead atoms. The zero-order valence-corrected chi connectivity index (χ0v) is 15.0. The summed E-state index contributed by atoms with van der Waals surface area (Å²) in [4.78, 5) is 32.8. The first-order valence-corrected chi connectivity index (χ1v) is 9.15. The number of benzene rings is 1. The normalized spacial score (nSPS) is 12.1. The first-order chi connectivity index (χ1) is 12.5. The van der Waals surface area contributed by atoms with Crippen LogP contribution >= 0.6 is 0 Å². The van der Waals surface area contributed by atoms with Gasteiger partial charge in [0, 0.05) is 11.2 Å². The summed E-state index contributed by atoms with van der Waals surface area (Å²) in [5, 5.41) is 0.399. The van der Waals surface area contributed by atoms with Crippen LogP contribution in [-0.2, 0) is 22.5 Å². The first kappa shape index (κ1) is 17.9. The molecule has 3 aromatic rings. The zero-order valence-electron chi connectivity index (χ0n) is 14.2. The highest BCUT2D eigenvalue weighted by molar-refractivity contribution is 7.90. The molecule has 0 spiro atoms. The Labute approximate surface area is 151 Å². The van der Waals surface area contributed by atoms with Gasteiger partial charge in [-0.2, -0.15) is 9.97 Å². The maximum atomic E-state index is 12.7. The van der Waals surface area contributed by atoms with Gasteiger partial charge in [0.2, 0.25) is 0 Å². The monoisotopic (exact) mass is 372 g/mol. The van der Waals surface area contributed by atoms with E-state index in [4.69, 9.17) is 4.74 Å². The van der Waals surface area contributed by atoms with Gasteiger partial charge >= 0.3 is 11.1 Å². The average Bonchev–Trinajstić information content (AvgIpc) is 2.93. The number of esters is 1. The SMILES string of the molecule is C=CCn1c(=O)c2cnc([S+](C)[O-])nc2n1-c1cccc(C(=O)OC)c1. The van der Waals surface area contributed by atoms with E-state index in [0.29, 0.717) is 16.9 Å². The van der Waals surface area contributed by atoms with Crippen LogP contribution in [0.2, 0.25) is 0 Å². The molecule has 134 valence electrons. The van der Waals surface area contributed by atoms with Gasteiger partial charge in [-0.3, -0.25) is 4.79 Å². The van der Waals surface area contributed by atoms with Crippen LogP contribution in [0, 0.1) is 0 Å². The molecule has 0 aliphatic carbocycles. The number of fused-ring (bicyclic) bond motifs is 1. The fourth-order valence-corrected chi connectivity index (χ4v) is 3.00. The largest absolute Gasteiger partial charge is 0.609 e. The molecular formula is C17H16N4O4S. The third-order valence-electron chi connectivity index (χ3n) is 3.72. The second kappa shape index (κ2) is 7.14. The molecule has 0 radical (unpaired) electrons. The van der Waals surface area contributed by atoms with Crippen molar-refractivity contribution in [2.75, 3.05) is 13.4 Å². The third-order valence-corrected chi connectivity index (χ3v) is 4.44. The molecule has 0 fully saturated rings. The maximum Gasteiger partial charge on any atom is 0.344 e. The van der Waals surface area contributed by atoms with Crippen molar-refractivity contribution in [2.24, 2.45) is 0 Å². The number of nitrogens with zero attached hydrogens (tertiary/aromatic N) is 4. The molecule has 0 aliphatic heterocycles.